The molecular formula is C8H19Cl2NO. The zero-order chi connectivity index (χ0) is 8.85. The van der Waals surface area contributed by atoms with Crippen LogP contribution in [-0.2, 0) is 0 Å². The highest BCUT2D eigenvalue weighted by Gasteiger charge is 2.12. The molecule has 0 radical (unpaired) electrons. The van der Waals surface area contributed by atoms with Crippen molar-refractivity contribution in [3.8, 4) is 0 Å². The lowest BCUT2D eigenvalue weighted by Gasteiger charge is -2.24. The molecule has 0 aliphatic rings. The Hall–Kier alpha value is 0.500. The van der Waals surface area contributed by atoms with Crippen LogP contribution in [0, 0.1) is 0 Å². The van der Waals surface area contributed by atoms with Crippen molar-refractivity contribution < 1.29 is 5.11 Å². The standard InChI is InChI=1S/C8H18ClNO.ClH/c1-7(11)6-8(4-5-9)10(2)3;/h7-8,11H,4-6H2,1-3H3;1H. The van der Waals surface area contributed by atoms with E-state index in [1.54, 1.807) is 0 Å². The normalized spacial score (nSPS) is 15.5. The van der Waals surface area contributed by atoms with Gasteiger partial charge in [-0.3, -0.25) is 0 Å². The summed E-state index contributed by atoms with van der Waals surface area (Å²) in [7, 11) is 4.03. The van der Waals surface area contributed by atoms with Gasteiger partial charge in [-0.2, -0.15) is 0 Å². The van der Waals surface area contributed by atoms with E-state index >= 15 is 0 Å². The van der Waals surface area contributed by atoms with Gasteiger partial charge in [0.1, 0.15) is 0 Å². The van der Waals surface area contributed by atoms with Crippen LogP contribution >= 0.6 is 24.0 Å². The first kappa shape index (κ1) is 15.0. The van der Waals surface area contributed by atoms with Crippen molar-refractivity contribution in [3.05, 3.63) is 0 Å². The molecule has 0 saturated carbocycles. The molecule has 0 aliphatic heterocycles. The molecule has 0 rings (SSSR count). The minimum Gasteiger partial charge on any atom is -0.393 e. The van der Waals surface area contributed by atoms with Crippen molar-refractivity contribution >= 4 is 24.0 Å². The third-order valence-electron chi connectivity index (χ3n) is 1.79. The Morgan fingerprint density at radius 1 is 1.42 bits per heavy atom. The first-order valence-corrected chi connectivity index (χ1v) is 4.51. The Labute approximate surface area is 86.3 Å². The lowest BCUT2D eigenvalue weighted by Crippen LogP contribution is -2.31. The van der Waals surface area contributed by atoms with Gasteiger partial charge >= 0.3 is 0 Å². The first-order chi connectivity index (χ1) is 5.07. The molecule has 1 N–H and O–H groups in total. The van der Waals surface area contributed by atoms with Crippen LogP contribution in [0.1, 0.15) is 19.8 Å². The highest BCUT2D eigenvalue weighted by molar-refractivity contribution is 6.17. The summed E-state index contributed by atoms with van der Waals surface area (Å²) in [6.45, 7) is 1.81. The minimum atomic E-state index is -0.231. The molecule has 0 bridgehead atoms. The molecule has 0 fully saturated rings. The summed E-state index contributed by atoms with van der Waals surface area (Å²) in [6.07, 6.45) is 1.52. The number of hydrogen-bond donors (Lipinski definition) is 1. The molecule has 0 amide bonds. The van der Waals surface area contributed by atoms with E-state index in [1.165, 1.54) is 0 Å². The molecule has 0 aliphatic carbocycles. The van der Waals surface area contributed by atoms with Gasteiger partial charge in [0.15, 0.2) is 0 Å². The maximum absolute atomic E-state index is 9.13. The number of aliphatic hydroxyl groups is 1. The van der Waals surface area contributed by atoms with Crippen LogP contribution in [0.3, 0.4) is 0 Å². The fourth-order valence-electron chi connectivity index (χ4n) is 1.11. The topological polar surface area (TPSA) is 23.5 Å². The van der Waals surface area contributed by atoms with Gasteiger partial charge in [-0.15, -0.1) is 24.0 Å². The summed E-state index contributed by atoms with van der Waals surface area (Å²) < 4.78 is 0. The van der Waals surface area contributed by atoms with Crippen molar-refractivity contribution in [2.24, 2.45) is 0 Å². The highest BCUT2D eigenvalue weighted by atomic mass is 35.5. The molecule has 0 aromatic rings. The zero-order valence-corrected chi connectivity index (χ0v) is 9.53. The Morgan fingerprint density at radius 3 is 2.17 bits per heavy atom. The monoisotopic (exact) mass is 215 g/mol. The van der Waals surface area contributed by atoms with Gasteiger partial charge in [0.25, 0.3) is 0 Å². The van der Waals surface area contributed by atoms with Crippen LogP contribution in [0.15, 0.2) is 0 Å². The average molecular weight is 216 g/mol. The second-order valence-corrected chi connectivity index (χ2v) is 3.56. The van der Waals surface area contributed by atoms with Gasteiger partial charge in [0.05, 0.1) is 6.10 Å². The van der Waals surface area contributed by atoms with Crippen LogP contribution in [0.4, 0.5) is 0 Å². The lowest BCUT2D eigenvalue weighted by molar-refractivity contribution is 0.136. The SMILES string of the molecule is CC(O)CC(CCCl)N(C)C.Cl. The predicted molar refractivity (Wildman–Crippen MR) is 56.4 cm³/mol. The van der Waals surface area contributed by atoms with Crippen LogP contribution in [0.2, 0.25) is 0 Å². The van der Waals surface area contributed by atoms with E-state index < -0.39 is 0 Å². The van der Waals surface area contributed by atoms with Gasteiger partial charge in [-0.05, 0) is 33.9 Å². The summed E-state index contributed by atoms with van der Waals surface area (Å²) in [6, 6.07) is 0.410. The van der Waals surface area contributed by atoms with Crippen molar-refractivity contribution in [3.63, 3.8) is 0 Å². The summed E-state index contributed by atoms with van der Waals surface area (Å²) in [4.78, 5) is 2.11. The van der Waals surface area contributed by atoms with Gasteiger partial charge in [0.2, 0.25) is 0 Å². The van der Waals surface area contributed by atoms with Crippen molar-refractivity contribution in [1.29, 1.82) is 0 Å². The molecule has 76 valence electrons. The van der Waals surface area contributed by atoms with Crippen molar-refractivity contribution in [2.75, 3.05) is 20.0 Å². The summed E-state index contributed by atoms with van der Waals surface area (Å²) in [5, 5.41) is 9.13. The average Bonchev–Trinajstić information content (AvgIpc) is 1.86. The third-order valence-corrected chi connectivity index (χ3v) is 2.00. The zero-order valence-electron chi connectivity index (χ0n) is 7.96. The van der Waals surface area contributed by atoms with Crippen molar-refractivity contribution in [2.45, 2.75) is 31.9 Å². The number of rotatable bonds is 5. The van der Waals surface area contributed by atoms with Gasteiger partial charge in [-0.1, -0.05) is 0 Å². The predicted octanol–water partition coefficient (Wildman–Crippen LogP) is 1.74. The largest absolute Gasteiger partial charge is 0.393 e. The second kappa shape index (κ2) is 8.11. The molecule has 0 aromatic heterocycles. The van der Waals surface area contributed by atoms with E-state index in [2.05, 4.69) is 4.90 Å². The fraction of sp³-hybridized carbons (Fsp3) is 1.00. The highest BCUT2D eigenvalue weighted by Crippen LogP contribution is 2.08. The van der Waals surface area contributed by atoms with Crippen LogP contribution < -0.4 is 0 Å². The summed E-state index contributed by atoms with van der Waals surface area (Å²) in [5.74, 6) is 0.662. The minimum absolute atomic E-state index is 0. The molecular weight excluding hydrogens is 197 g/mol. The number of halogens is 2. The Kier molecular flexibility index (Phi) is 10.1. The van der Waals surface area contributed by atoms with Gasteiger partial charge < -0.3 is 10.0 Å². The van der Waals surface area contributed by atoms with Crippen LogP contribution in [0.25, 0.3) is 0 Å². The van der Waals surface area contributed by atoms with E-state index in [-0.39, 0.29) is 18.5 Å². The van der Waals surface area contributed by atoms with Crippen LogP contribution in [-0.4, -0.2) is 42.1 Å². The molecule has 12 heavy (non-hydrogen) atoms. The number of nitrogens with zero attached hydrogens (tertiary/aromatic N) is 1. The molecule has 0 heterocycles. The summed E-state index contributed by atoms with van der Waals surface area (Å²) in [5.41, 5.74) is 0. The quantitative estimate of drug-likeness (QED) is 0.707. The van der Waals surface area contributed by atoms with E-state index in [0.29, 0.717) is 11.9 Å². The maximum atomic E-state index is 9.13. The fourth-order valence-corrected chi connectivity index (χ4v) is 1.36. The Bertz CT molecular complexity index is 99.1. The molecule has 0 aromatic carbocycles. The molecule has 0 saturated heterocycles. The third kappa shape index (κ3) is 7.17. The van der Waals surface area contributed by atoms with E-state index in [1.807, 2.05) is 21.0 Å². The molecule has 0 spiro atoms. The van der Waals surface area contributed by atoms with Crippen LogP contribution in [0.5, 0.6) is 0 Å². The number of alkyl halides is 1. The maximum Gasteiger partial charge on any atom is 0.0527 e. The molecule has 4 heteroatoms. The van der Waals surface area contributed by atoms with E-state index in [9.17, 15) is 0 Å². The number of hydrogen-bond acceptors (Lipinski definition) is 2. The molecule has 2 nitrogen and oxygen atoms in total. The Morgan fingerprint density at radius 2 is 1.92 bits per heavy atom. The van der Waals surface area contributed by atoms with E-state index in [0.717, 1.165) is 12.8 Å². The first-order valence-electron chi connectivity index (χ1n) is 3.98. The lowest BCUT2D eigenvalue weighted by atomic mass is 10.1. The van der Waals surface area contributed by atoms with Crippen molar-refractivity contribution in [1.82, 2.24) is 4.90 Å². The smallest absolute Gasteiger partial charge is 0.0527 e. The van der Waals surface area contributed by atoms with Gasteiger partial charge in [0, 0.05) is 11.9 Å². The molecule has 2 atom stereocenters. The number of aliphatic hydroxyl groups excluding tert-OH is 1. The molecule has 2 unspecified atom stereocenters. The van der Waals surface area contributed by atoms with Gasteiger partial charge in [-0.25, -0.2) is 0 Å². The van der Waals surface area contributed by atoms with E-state index in [4.69, 9.17) is 16.7 Å². The summed E-state index contributed by atoms with van der Waals surface area (Å²) >= 11 is 5.62. The Balaban J connectivity index is 0. The second-order valence-electron chi connectivity index (χ2n) is 3.18.